The van der Waals surface area contributed by atoms with Gasteiger partial charge in [-0.15, -0.1) is 5.10 Å². The Labute approximate surface area is 168 Å². The molecule has 0 atom stereocenters. The second kappa shape index (κ2) is 8.36. The minimum Gasteiger partial charge on any atom is -0.444 e. The van der Waals surface area contributed by atoms with E-state index < -0.39 is 11.4 Å². The molecular formula is C20H27FN4O4. The molecule has 1 aromatic heterocycles. The molecule has 0 radical (unpaired) electrons. The summed E-state index contributed by atoms with van der Waals surface area (Å²) in [4.78, 5) is 28.1. The van der Waals surface area contributed by atoms with Gasteiger partial charge in [0.15, 0.2) is 0 Å². The Kier molecular flexibility index (Phi) is 6.07. The van der Waals surface area contributed by atoms with Crippen LogP contribution < -0.4 is 5.76 Å². The highest BCUT2D eigenvalue weighted by atomic mass is 19.1. The summed E-state index contributed by atoms with van der Waals surface area (Å²) in [5, 5.41) is 4.22. The molecule has 1 saturated heterocycles. The molecule has 0 N–H and O–H groups in total. The molecule has 0 unspecified atom stereocenters. The van der Waals surface area contributed by atoms with Crippen molar-refractivity contribution in [1.82, 2.24) is 19.6 Å². The third-order valence-electron chi connectivity index (χ3n) is 4.82. The van der Waals surface area contributed by atoms with E-state index in [1.165, 1.54) is 28.9 Å². The highest BCUT2D eigenvalue weighted by molar-refractivity contribution is 5.68. The summed E-state index contributed by atoms with van der Waals surface area (Å²) in [5.41, 5.74) is 0.0162. The molecule has 1 aliphatic rings. The lowest BCUT2D eigenvalue weighted by atomic mass is 10.0. The van der Waals surface area contributed by atoms with Crippen molar-refractivity contribution in [2.24, 2.45) is 0 Å². The first kappa shape index (κ1) is 21.0. The van der Waals surface area contributed by atoms with E-state index in [9.17, 15) is 14.0 Å². The van der Waals surface area contributed by atoms with Crippen LogP contribution in [0.3, 0.4) is 0 Å². The van der Waals surface area contributed by atoms with Crippen LogP contribution in [-0.2, 0) is 11.4 Å². The van der Waals surface area contributed by atoms with Crippen molar-refractivity contribution < 1.29 is 18.3 Å². The molecule has 2 heterocycles. The van der Waals surface area contributed by atoms with Crippen molar-refractivity contribution in [2.45, 2.75) is 51.9 Å². The maximum Gasteiger partial charge on any atom is 0.438 e. The lowest BCUT2D eigenvalue weighted by Gasteiger charge is -2.36. The van der Waals surface area contributed by atoms with Gasteiger partial charge in [0, 0.05) is 31.7 Å². The molecular weight excluding hydrogens is 379 g/mol. The van der Waals surface area contributed by atoms with Crippen LogP contribution in [0.2, 0.25) is 0 Å². The number of ether oxygens (including phenoxy) is 1. The van der Waals surface area contributed by atoms with E-state index in [0.717, 1.165) is 12.8 Å². The number of hydrogen-bond donors (Lipinski definition) is 0. The second-order valence-corrected chi connectivity index (χ2v) is 8.26. The lowest BCUT2D eigenvalue weighted by molar-refractivity contribution is 0.0134. The molecule has 158 valence electrons. The Balaban J connectivity index is 1.56. The fraction of sp³-hybridized carbons (Fsp3) is 0.550. The van der Waals surface area contributed by atoms with Gasteiger partial charge in [-0.05, 0) is 57.9 Å². The van der Waals surface area contributed by atoms with Crippen molar-refractivity contribution in [1.29, 1.82) is 0 Å². The van der Waals surface area contributed by atoms with Crippen molar-refractivity contribution in [3.05, 3.63) is 40.6 Å². The smallest absolute Gasteiger partial charge is 0.438 e. The van der Waals surface area contributed by atoms with Crippen molar-refractivity contribution in [3.63, 3.8) is 0 Å². The van der Waals surface area contributed by atoms with Gasteiger partial charge in [-0.1, -0.05) is 0 Å². The normalized spacial score (nSPS) is 16.0. The van der Waals surface area contributed by atoms with E-state index in [1.54, 1.807) is 11.9 Å². The van der Waals surface area contributed by atoms with E-state index in [2.05, 4.69) is 10.00 Å². The fourth-order valence-electron chi connectivity index (χ4n) is 3.23. The number of aromatic nitrogens is 2. The van der Waals surface area contributed by atoms with E-state index in [0.29, 0.717) is 25.3 Å². The second-order valence-electron chi connectivity index (χ2n) is 8.26. The molecule has 3 rings (SSSR count). The topological polar surface area (TPSA) is 80.8 Å². The maximum absolute atomic E-state index is 13.1. The number of rotatable bonds is 4. The molecule has 0 bridgehead atoms. The SMILES string of the molecule is CN(C(=O)OC(C)(C)C)C1CCN(Cn2nc(-c3ccc(F)cc3)oc2=O)CC1. The summed E-state index contributed by atoms with van der Waals surface area (Å²) in [5.74, 6) is -0.762. The Morgan fingerprint density at radius 2 is 1.90 bits per heavy atom. The Bertz CT molecular complexity index is 892. The number of halogens is 1. The zero-order valence-electron chi connectivity index (χ0n) is 17.2. The van der Waals surface area contributed by atoms with Crippen LogP contribution in [0, 0.1) is 5.82 Å². The van der Waals surface area contributed by atoms with E-state index >= 15 is 0 Å². The van der Waals surface area contributed by atoms with E-state index in [4.69, 9.17) is 9.15 Å². The summed E-state index contributed by atoms with van der Waals surface area (Å²) in [6, 6.07) is 5.71. The molecule has 29 heavy (non-hydrogen) atoms. The van der Waals surface area contributed by atoms with Gasteiger partial charge in [-0.25, -0.2) is 14.0 Å². The van der Waals surface area contributed by atoms with Crippen molar-refractivity contribution >= 4 is 6.09 Å². The first-order valence-electron chi connectivity index (χ1n) is 9.64. The van der Waals surface area contributed by atoms with Gasteiger partial charge in [0.25, 0.3) is 0 Å². The van der Waals surface area contributed by atoms with Gasteiger partial charge >= 0.3 is 11.8 Å². The average Bonchev–Trinajstić information content (AvgIpc) is 3.01. The highest BCUT2D eigenvalue weighted by Crippen LogP contribution is 2.19. The fourth-order valence-corrected chi connectivity index (χ4v) is 3.23. The summed E-state index contributed by atoms with van der Waals surface area (Å²) < 4.78 is 24.9. The minimum atomic E-state index is -0.558. The lowest BCUT2D eigenvalue weighted by Crippen LogP contribution is -2.47. The van der Waals surface area contributed by atoms with E-state index in [1.807, 2.05) is 20.8 Å². The summed E-state index contributed by atoms with van der Waals surface area (Å²) >= 11 is 0. The monoisotopic (exact) mass is 406 g/mol. The van der Waals surface area contributed by atoms with Gasteiger partial charge in [0.05, 0.1) is 0 Å². The van der Waals surface area contributed by atoms with E-state index in [-0.39, 0.29) is 23.8 Å². The maximum atomic E-state index is 13.1. The number of amides is 1. The minimum absolute atomic E-state index is 0.0879. The zero-order valence-corrected chi connectivity index (χ0v) is 17.2. The quantitative estimate of drug-likeness (QED) is 0.777. The Morgan fingerprint density at radius 1 is 1.28 bits per heavy atom. The van der Waals surface area contributed by atoms with Crippen LogP contribution in [0.25, 0.3) is 11.5 Å². The highest BCUT2D eigenvalue weighted by Gasteiger charge is 2.29. The molecule has 1 aromatic carbocycles. The third kappa shape index (κ3) is 5.44. The summed E-state index contributed by atoms with van der Waals surface area (Å²) in [6.07, 6.45) is 1.22. The zero-order chi connectivity index (χ0) is 21.2. The summed E-state index contributed by atoms with van der Waals surface area (Å²) in [7, 11) is 1.76. The molecule has 1 aliphatic heterocycles. The van der Waals surface area contributed by atoms with Gasteiger partial charge in [-0.2, -0.15) is 4.68 Å². The van der Waals surface area contributed by atoms with Gasteiger partial charge in [-0.3, -0.25) is 4.90 Å². The molecule has 2 aromatic rings. The number of likely N-dealkylation sites (tertiary alicyclic amines) is 1. The molecule has 0 saturated carbocycles. The molecule has 0 aliphatic carbocycles. The molecule has 0 spiro atoms. The summed E-state index contributed by atoms with van der Waals surface area (Å²) in [6.45, 7) is 7.25. The largest absolute Gasteiger partial charge is 0.444 e. The Morgan fingerprint density at radius 3 is 2.48 bits per heavy atom. The first-order valence-corrected chi connectivity index (χ1v) is 9.64. The van der Waals surface area contributed by atoms with Crippen LogP contribution in [0.5, 0.6) is 0 Å². The number of carbonyl (C=O) groups is 1. The number of carbonyl (C=O) groups excluding carboxylic acids is 1. The van der Waals surface area contributed by atoms with Gasteiger partial charge in [0.1, 0.15) is 18.1 Å². The molecule has 1 fully saturated rings. The molecule has 1 amide bonds. The van der Waals surface area contributed by atoms with Crippen molar-refractivity contribution in [3.8, 4) is 11.5 Å². The number of nitrogens with zero attached hydrogens (tertiary/aromatic N) is 4. The van der Waals surface area contributed by atoms with Crippen LogP contribution in [-0.4, -0.2) is 57.5 Å². The van der Waals surface area contributed by atoms with Gasteiger partial charge < -0.3 is 14.1 Å². The molecule has 8 nitrogen and oxygen atoms in total. The van der Waals surface area contributed by atoms with Crippen LogP contribution >= 0.6 is 0 Å². The average molecular weight is 406 g/mol. The number of hydrogen-bond acceptors (Lipinski definition) is 6. The van der Waals surface area contributed by atoms with Crippen LogP contribution in [0.15, 0.2) is 33.5 Å². The standard InChI is InChI=1S/C20H27FN4O4/c1-20(2,3)29-18(26)23(4)16-9-11-24(12-10-16)13-25-19(27)28-17(22-25)14-5-7-15(21)8-6-14/h5-8,16H,9-13H2,1-4H3. The third-order valence-corrected chi connectivity index (χ3v) is 4.82. The molecule has 9 heteroatoms. The van der Waals surface area contributed by atoms with Crippen LogP contribution in [0.1, 0.15) is 33.6 Å². The number of benzene rings is 1. The van der Waals surface area contributed by atoms with Gasteiger partial charge in [0.2, 0.25) is 5.89 Å². The number of piperidine rings is 1. The predicted octanol–water partition coefficient (Wildman–Crippen LogP) is 2.93. The Hall–Kier alpha value is -2.68. The van der Waals surface area contributed by atoms with Crippen molar-refractivity contribution in [2.75, 3.05) is 20.1 Å². The predicted molar refractivity (Wildman–Crippen MR) is 105 cm³/mol. The first-order chi connectivity index (χ1) is 13.6. The van der Waals surface area contributed by atoms with Crippen LogP contribution in [0.4, 0.5) is 9.18 Å².